The summed E-state index contributed by atoms with van der Waals surface area (Å²) in [4.78, 5) is 14.5. The lowest BCUT2D eigenvalue weighted by Crippen LogP contribution is -2.33. The fourth-order valence-corrected chi connectivity index (χ4v) is 3.67. The number of halogens is 1. The van der Waals surface area contributed by atoms with Gasteiger partial charge in [0.15, 0.2) is 0 Å². The van der Waals surface area contributed by atoms with Gasteiger partial charge in [0.25, 0.3) is 0 Å². The van der Waals surface area contributed by atoms with E-state index in [4.69, 9.17) is 4.74 Å². The van der Waals surface area contributed by atoms with E-state index >= 15 is 0 Å². The number of carbonyl (C=O) groups excluding carboxylic acids is 1. The van der Waals surface area contributed by atoms with E-state index < -0.39 is 0 Å². The molecule has 0 radical (unpaired) electrons. The van der Waals surface area contributed by atoms with Gasteiger partial charge in [-0.2, -0.15) is 5.10 Å². The fraction of sp³-hybridized carbons (Fsp3) is 0.429. The van der Waals surface area contributed by atoms with Crippen molar-refractivity contribution in [3.05, 3.63) is 59.7 Å². The van der Waals surface area contributed by atoms with Crippen molar-refractivity contribution in [1.82, 2.24) is 20.0 Å². The second-order valence-electron chi connectivity index (χ2n) is 7.05. The number of hydrogen-bond acceptors (Lipinski definition) is 4. The normalized spacial score (nSPS) is 19.8. The number of likely N-dealkylation sites (tertiary alicyclic amines) is 1. The van der Waals surface area contributed by atoms with Gasteiger partial charge in [0.1, 0.15) is 5.82 Å². The van der Waals surface area contributed by atoms with Gasteiger partial charge in [-0.1, -0.05) is 24.3 Å². The SMILES string of the molecule is COCCN1C(=O)C[C@@H](CNC/C=C/c2ccc(F)cc2)[C@@H]1c1cnn(C)c1. The highest BCUT2D eigenvalue weighted by Crippen LogP contribution is 2.37. The second kappa shape index (κ2) is 9.61. The topological polar surface area (TPSA) is 59.4 Å². The summed E-state index contributed by atoms with van der Waals surface area (Å²) in [6.07, 6.45) is 8.29. The first-order valence-corrected chi connectivity index (χ1v) is 9.48. The molecule has 0 aliphatic carbocycles. The van der Waals surface area contributed by atoms with Gasteiger partial charge in [0.2, 0.25) is 5.91 Å². The van der Waals surface area contributed by atoms with E-state index in [1.807, 2.05) is 36.5 Å². The van der Waals surface area contributed by atoms with Crippen LogP contribution in [0.25, 0.3) is 6.08 Å². The van der Waals surface area contributed by atoms with Crippen LogP contribution in [0, 0.1) is 11.7 Å². The minimum absolute atomic E-state index is 0.00456. The molecule has 0 spiro atoms. The number of aryl methyl sites for hydroxylation is 1. The Labute approximate surface area is 165 Å². The number of nitrogens with one attached hydrogen (secondary N) is 1. The number of methoxy groups -OCH3 is 1. The molecule has 2 atom stereocenters. The molecule has 1 aliphatic heterocycles. The van der Waals surface area contributed by atoms with Gasteiger partial charge in [-0.05, 0) is 17.7 Å². The van der Waals surface area contributed by atoms with E-state index in [1.54, 1.807) is 23.9 Å². The van der Waals surface area contributed by atoms with Gasteiger partial charge in [-0.25, -0.2) is 4.39 Å². The summed E-state index contributed by atoms with van der Waals surface area (Å²) in [5.41, 5.74) is 2.01. The fourth-order valence-electron chi connectivity index (χ4n) is 3.67. The molecule has 2 aromatic rings. The molecule has 1 aromatic heterocycles. The Balaban J connectivity index is 1.59. The Kier molecular flexibility index (Phi) is 6.95. The van der Waals surface area contributed by atoms with E-state index in [9.17, 15) is 9.18 Å². The van der Waals surface area contributed by atoms with Crippen molar-refractivity contribution < 1.29 is 13.9 Å². The van der Waals surface area contributed by atoms with Crippen LogP contribution in [-0.4, -0.2) is 53.9 Å². The first-order chi connectivity index (χ1) is 13.6. The second-order valence-corrected chi connectivity index (χ2v) is 7.05. The smallest absolute Gasteiger partial charge is 0.223 e. The van der Waals surface area contributed by atoms with Crippen LogP contribution in [0.2, 0.25) is 0 Å². The summed E-state index contributed by atoms with van der Waals surface area (Å²) in [5.74, 6) is 0.0907. The molecule has 1 N–H and O–H groups in total. The number of carbonyl (C=O) groups is 1. The zero-order valence-corrected chi connectivity index (χ0v) is 16.3. The van der Waals surface area contributed by atoms with Gasteiger partial charge in [0, 0.05) is 57.9 Å². The van der Waals surface area contributed by atoms with Crippen LogP contribution in [0.5, 0.6) is 0 Å². The standard InChI is InChI=1S/C21H27FN4O2/c1-25-15-18(14-24-25)21-17(12-20(27)26(21)10-11-28-2)13-23-9-3-4-16-5-7-19(22)8-6-16/h3-8,14-15,17,21,23H,9-13H2,1-2H3/b4-3+/t17-,21+/m0/s1. The minimum Gasteiger partial charge on any atom is -0.383 e. The number of ether oxygens (including phenoxy) is 1. The maximum atomic E-state index is 12.9. The Bertz CT molecular complexity index is 803. The molecule has 1 aliphatic rings. The highest BCUT2D eigenvalue weighted by atomic mass is 19.1. The predicted molar refractivity (Wildman–Crippen MR) is 106 cm³/mol. The third-order valence-corrected chi connectivity index (χ3v) is 4.99. The molecule has 150 valence electrons. The van der Waals surface area contributed by atoms with Crippen LogP contribution in [-0.2, 0) is 16.6 Å². The van der Waals surface area contributed by atoms with Crippen molar-refractivity contribution in [2.45, 2.75) is 12.5 Å². The number of amides is 1. The molecule has 0 saturated carbocycles. The predicted octanol–water partition coefficient (Wildman–Crippen LogP) is 2.40. The summed E-state index contributed by atoms with van der Waals surface area (Å²) in [6, 6.07) is 6.39. The van der Waals surface area contributed by atoms with Crippen LogP contribution in [0.3, 0.4) is 0 Å². The zero-order valence-electron chi connectivity index (χ0n) is 16.3. The van der Waals surface area contributed by atoms with Gasteiger partial charge < -0.3 is 15.0 Å². The number of nitrogens with zero attached hydrogens (tertiary/aromatic N) is 3. The van der Waals surface area contributed by atoms with Crippen molar-refractivity contribution in [3.63, 3.8) is 0 Å². The van der Waals surface area contributed by atoms with Gasteiger partial charge in [0.05, 0.1) is 18.8 Å². The quantitative estimate of drug-likeness (QED) is 0.673. The van der Waals surface area contributed by atoms with Crippen LogP contribution in [0.4, 0.5) is 4.39 Å². The minimum atomic E-state index is -0.236. The van der Waals surface area contributed by atoms with Crippen LogP contribution >= 0.6 is 0 Å². The summed E-state index contributed by atoms with van der Waals surface area (Å²) in [7, 11) is 3.53. The molecule has 0 unspecified atom stereocenters. The first kappa shape index (κ1) is 20.2. The molecular weight excluding hydrogens is 359 g/mol. The maximum Gasteiger partial charge on any atom is 0.223 e. The van der Waals surface area contributed by atoms with Gasteiger partial charge >= 0.3 is 0 Å². The van der Waals surface area contributed by atoms with Crippen LogP contribution in [0.15, 0.2) is 42.7 Å². The Morgan fingerprint density at radius 2 is 2.14 bits per heavy atom. The number of hydrogen-bond donors (Lipinski definition) is 1. The molecular formula is C21H27FN4O2. The number of aromatic nitrogens is 2. The third-order valence-electron chi connectivity index (χ3n) is 4.99. The Morgan fingerprint density at radius 3 is 2.82 bits per heavy atom. The van der Waals surface area contributed by atoms with Gasteiger partial charge in [-0.15, -0.1) is 0 Å². The molecule has 1 fully saturated rings. The summed E-state index contributed by atoms with van der Waals surface area (Å²) < 4.78 is 19.9. The first-order valence-electron chi connectivity index (χ1n) is 9.48. The molecule has 1 aromatic carbocycles. The lowest BCUT2D eigenvalue weighted by atomic mass is 9.95. The lowest BCUT2D eigenvalue weighted by molar-refractivity contribution is -0.129. The molecule has 2 heterocycles. The molecule has 0 bridgehead atoms. The molecule has 1 saturated heterocycles. The number of rotatable bonds is 9. The Hall–Kier alpha value is -2.51. The van der Waals surface area contributed by atoms with E-state index in [0.717, 1.165) is 17.7 Å². The molecule has 28 heavy (non-hydrogen) atoms. The number of benzene rings is 1. The highest BCUT2D eigenvalue weighted by molar-refractivity contribution is 5.79. The van der Waals surface area contributed by atoms with Crippen molar-refractivity contribution in [3.8, 4) is 0 Å². The molecule has 6 nitrogen and oxygen atoms in total. The van der Waals surface area contributed by atoms with Crippen molar-refractivity contribution >= 4 is 12.0 Å². The third kappa shape index (κ3) is 5.05. The Morgan fingerprint density at radius 1 is 1.36 bits per heavy atom. The molecule has 1 amide bonds. The lowest BCUT2D eigenvalue weighted by Gasteiger charge is -2.27. The van der Waals surface area contributed by atoms with E-state index in [0.29, 0.717) is 26.1 Å². The van der Waals surface area contributed by atoms with Crippen molar-refractivity contribution in [2.24, 2.45) is 13.0 Å². The summed E-state index contributed by atoms with van der Waals surface area (Å²) in [6.45, 7) is 2.50. The van der Waals surface area contributed by atoms with E-state index in [-0.39, 0.29) is 23.7 Å². The zero-order chi connectivity index (χ0) is 19.9. The largest absolute Gasteiger partial charge is 0.383 e. The van der Waals surface area contributed by atoms with E-state index in [2.05, 4.69) is 10.4 Å². The average molecular weight is 386 g/mol. The maximum absolute atomic E-state index is 12.9. The van der Waals surface area contributed by atoms with E-state index in [1.165, 1.54) is 12.1 Å². The highest BCUT2D eigenvalue weighted by Gasteiger charge is 2.40. The summed E-state index contributed by atoms with van der Waals surface area (Å²) >= 11 is 0. The summed E-state index contributed by atoms with van der Waals surface area (Å²) in [5, 5.41) is 7.69. The molecule has 3 rings (SSSR count). The van der Waals surface area contributed by atoms with Crippen molar-refractivity contribution in [2.75, 3.05) is 33.4 Å². The van der Waals surface area contributed by atoms with Crippen LogP contribution in [0.1, 0.15) is 23.6 Å². The monoisotopic (exact) mass is 386 g/mol. The van der Waals surface area contributed by atoms with Crippen LogP contribution < -0.4 is 5.32 Å². The van der Waals surface area contributed by atoms with Gasteiger partial charge in [-0.3, -0.25) is 9.48 Å². The molecule has 7 heteroatoms. The van der Waals surface area contributed by atoms with Crippen molar-refractivity contribution in [1.29, 1.82) is 0 Å². The average Bonchev–Trinajstić information content (AvgIpc) is 3.24.